The Morgan fingerprint density at radius 3 is 2.74 bits per heavy atom. The van der Waals surface area contributed by atoms with Crippen LogP contribution in [0.15, 0.2) is 34.4 Å². The molecule has 9 heteroatoms. The maximum Gasteiger partial charge on any atom is 0.223 e. The van der Waals surface area contributed by atoms with E-state index >= 15 is 0 Å². The molecule has 1 aromatic heterocycles. The van der Waals surface area contributed by atoms with Gasteiger partial charge in [-0.25, -0.2) is 15.4 Å². The minimum Gasteiger partial charge on any atom is -0.486 e. The van der Waals surface area contributed by atoms with Crippen molar-refractivity contribution in [1.29, 1.82) is 5.26 Å². The number of carbonyl (C=O) groups excluding carboxylic acids is 1. The number of ether oxygens (including phenoxy) is 1. The summed E-state index contributed by atoms with van der Waals surface area (Å²) in [4.78, 5) is 20.3. The van der Waals surface area contributed by atoms with Crippen LogP contribution in [0.25, 0.3) is 0 Å². The third-order valence-electron chi connectivity index (χ3n) is 2.55. The number of aliphatic imine (C=N–C) groups is 1. The zero-order chi connectivity index (χ0) is 16.7. The molecule has 0 bridgehead atoms. The molecule has 0 aliphatic carbocycles. The van der Waals surface area contributed by atoms with E-state index in [1.54, 1.807) is 37.3 Å². The summed E-state index contributed by atoms with van der Waals surface area (Å²) < 4.78 is 8.68. The van der Waals surface area contributed by atoms with Crippen LogP contribution in [0.1, 0.15) is 16.2 Å². The summed E-state index contributed by atoms with van der Waals surface area (Å²) in [5, 5.41) is 13.3. The first-order valence-corrected chi connectivity index (χ1v) is 7.15. The number of hydrazone groups is 1. The second kappa shape index (κ2) is 7.77. The van der Waals surface area contributed by atoms with E-state index in [0.717, 1.165) is 11.5 Å². The summed E-state index contributed by atoms with van der Waals surface area (Å²) in [5.74, 6) is 0.0910. The molecule has 1 N–H and O–H groups in total. The van der Waals surface area contributed by atoms with Crippen LogP contribution in [0.3, 0.4) is 0 Å². The summed E-state index contributed by atoms with van der Waals surface area (Å²) >= 11 is 1.09. The number of Topliss-reactive ketones (excluding diaryl/α,β-unsaturated/α-hetero) is 1. The smallest absolute Gasteiger partial charge is 0.223 e. The molecule has 2 rings (SSSR count). The van der Waals surface area contributed by atoms with Gasteiger partial charge in [-0.05, 0) is 31.2 Å². The molecular weight excluding hydrogens is 316 g/mol. The molecule has 0 aliphatic heterocycles. The highest BCUT2D eigenvalue weighted by atomic mass is 32.1. The SMILES string of the molecule is COC=Nc1ccc(C(=O)/C(C#N)=N/Nc2nc(C)ns2)cc1. The van der Waals surface area contributed by atoms with Crippen molar-refractivity contribution in [2.24, 2.45) is 10.1 Å². The fourth-order valence-corrected chi connectivity index (χ4v) is 2.04. The topological polar surface area (TPSA) is 113 Å². The van der Waals surface area contributed by atoms with Crippen molar-refractivity contribution in [3.63, 3.8) is 0 Å². The van der Waals surface area contributed by atoms with E-state index in [1.165, 1.54) is 13.5 Å². The van der Waals surface area contributed by atoms with E-state index in [9.17, 15) is 4.79 Å². The number of nitrogens with zero attached hydrogens (tertiary/aromatic N) is 5. The molecule has 0 saturated carbocycles. The lowest BCUT2D eigenvalue weighted by atomic mass is 10.1. The average Bonchev–Trinajstić information content (AvgIpc) is 2.99. The van der Waals surface area contributed by atoms with Gasteiger partial charge < -0.3 is 4.74 Å². The largest absolute Gasteiger partial charge is 0.486 e. The third kappa shape index (κ3) is 4.42. The Labute approximate surface area is 136 Å². The van der Waals surface area contributed by atoms with Crippen LogP contribution in [-0.2, 0) is 4.74 Å². The van der Waals surface area contributed by atoms with Gasteiger partial charge in [0.1, 0.15) is 11.9 Å². The minimum absolute atomic E-state index is 0.272. The van der Waals surface area contributed by atoms with Crippen LogP contribution in [0.4, 0.5) is 10.8 Å². The minimum atomic E-state index is -0.497. The number of hydrogen-bond acceptors (Lipinski definition) is 9. The molecule has 1 heterocycles. The lowest BCUT2D eigenvalue weighted by molar-refractivity contribution is 0.106. The van der Waals surface area contributed by atoms with Crippen molar-refractivity contribution in [2.45, 2.75) is 6.92 Å². The average molecular weight is 328 g/mol. The molecular formula is C14H12N6O2S. The van der Waals surface area contributed by atoms with Gasteiger partial charge in [-0.1, -0.05) is 0 Å². The maximum absolute atomic E-state index is 12.2. The second-order valence-corrected chi connectivity index (χ2v) is 4.93. The fourth-order valence-electron chi connectivity index (χ4n) is 1.52. The lowest BCUT2D eigenvalue weighted by Crippen LogP contribution is -2.14. The number of carbonyl (C=O) groups is 1. The van der Waals surface area contributed by atoms with Gasteiger partial charge >= 0.3 is 0 Å². The second-order valence-electron chi connectivity index (χ2n) is 4.18. The fraction of sp³-hybridized carbons (Fsp3) is 0.143. The van der Waals surface area contributed by atoms with Crippen molar-refractivity contribution in [3.05, 3.63) is 35.7 Å². The highest BCUT2D eigenvalue weighted by Crippen LogP contribution is 2.14. The summed E-state index contributed by atoms with van der Waals surface area (Å²) in [7, 11) is 1.49. The van der Waals surface area contributed by atoms with Gasteiger partial charge in [-0.2, -0.15) is 14.7 Å². The first kappa shape index (κ1) is 16.3. The van der Waals surface area contributed by atoms with Crippen LogP contribution in [0.5, 0.6) is 0 Å². The molecule has 0 atom stereocenters. The molecule has 2 aromatic rings. The van der Waals surface area contributed by atoms with Crippen molar-refractivity contribution in [1.82, 2.24) is 9.36 Å². The Hall–Kier alpha value is -3.12. The molecule has 0 amide bonds. The number of hydrogen-bond donors (Lipinski definition) is 1. The molecule has 116 valence electrons. The van der Waals surface area contributed by atoms with Gasteiger partial charge in [0.25, 0.3) is 0 Å². The molecule has 0 fully saturated rings. The van der Waals surface area contributed by atoms with E-state index in [0.29, 0.717) is 22.2 Å². The zero-order valence-corrected chi connectivity index (χ0v) is 13.2. The number of aromatic nitrogens is 2. The number of anilines is 1. The highest BCUT2D eigenvalue weighted by Gasteiger charge is 2.14. The standard InChI is InChI=1S/C14H12N6O2S/c1-9-17-14(23-20-9)19-18-12(7-15)13(21)10-3-5-11(6-4-10)16-8-22-2/h3-6,8H,1-2H3,(H,17,19,20)/b16-8?,18-12+. The molecule has 23 heavy (non-hydrogen) atoms. The van der Waals surface area contributed by atoms with Crippen LogP contribution >= 0.6 is 11.5 Å². The monoisotopic (exact) mass is 328 g/mol. The predicted molar refractivity (Wildman–Crippen MR) is 87.3 cm³/mol. The summed E-state index contributed by atoms with van der Waals surface area (Å²) in [5.41, 5.74) is 3.24. The van der Waals surface area contributed by atoms with Gasteiger partial charge in [-0.15, -0.1) is 0 Å². The normalized spacial score (nSPS) is 11.3. The first-order valence-electron chi connectivity index (χ1n) is 6.38. The Kier molecular flexibility index (Phi) is 5.49. The van der Waals surface area contributed by atoms with Crippen LogP contribution < -0.4 is 5.43 Å². The van der Waals surface area contributed by atoms with E-state index in [2.05, 4.69) is 24.9 Å². The number of nitrogens with one attached hydrogen (secondary N) is 1. The Bertz CT molecular complexity index is 788. The summed E-state index contributed by atoms with van der Waals surface area (Å²) in [6.07, 6.45) is 1.28. The molecule has 0 saturated heterocycles. The number of methoxy groups -OCH3 is 1. The van der Waals surface area contributed by atoms with Crippen LogP contribution in [-0.4, -0.2) is 34.4 Å². The molecule has 0 aliphatic rings. The molecule has 0 spiro atoms. The van der Waals surface area contributed by atoms with Gasteiger partial charge in [0.05, 0.1) is 12.8 Å². The molecule has 8 nitrogen and oxygen atoms in total. The number of ketones is 1. The number of benzene rings is 1. The molecule has 1 aromatic carbocycles. The molecule has 0 unspecified atom stereocenters. The van der Waals surface area contributed by atoms with Crippen LogP contribution in [0, 0.1) is 18.3 Å². The highest BCUT2D eigenvalue weighted by molar-refractivity contribution is 7.09. The van der Waals surface area contributed by atoms with E-state index in [4.69, 9.17) is 10.00 Å². The first-order chi connectivity index (χ1) is 11.1. The van der Waals surface area contributed by atoms with Crippen molar-refractivity contribution in [3.8, 4) is 6.07 Å². The zero-order valence-electron chi connectivity index (χ0n) is 12.3. The Balaban J connectivity index is 2.13. The van der Waals surface area contributed by atoms with Gasteiger partial charge in [0.15, 0.2) is 6.40 Å². The van der Waals surface area contributed by atoms with E-state index < -0.39 is 5.78 Å². The van der Waals surface area contributed by atoms with Gasteiger partial charge in [0.2, 0.25) is 16.6 Å². The lowest BCUT2D eigenvalue weighted by Gasteiger charge is -2.00. The Morgan fingerprint density at radius 1 is 1.43 bits per heavy atom. The number of nitriles is 1. The summed E-state index contributed by atoms with van der Waals surface area (Å²) in [6, 6.07) is 8.17. The number of rotatable bonds is 6. The van der Waals surface area contributed by atoms with E-state index in [-0.39, 0.29) is 5.71 Å². The summed E-state index contributed by atoms with van der Waals surface area (Å²) in [6.45, 7) is 1.73. The van der Waals surface area contributed by atoms with Crippen molar-refractivity contribution < 1.29 is 9.53 Å². The predicted octanol–water partition coefficient (Wildman–Crippen LogP) is 2.33. The molecule has 0 radical (unpaired) electrons. The maximum atomic E-state index is 12.2. The quantitative estimate of drug-likeness (QED) is 0.377. The van der Waals surface area contributed by atoms with Gasteiger partial charge in [0, 0.05) is 17.1 Å². The Morgan fingerprint density at radius 2 is 2.17 bits per heavy atom. The van der Waals surface area contributed by atoms with Crippen molar-refractivity contribution >= 4 is 40.2 Å². The van der Waals surface area contributed by atoms with Gasteiger partial charge in [-0.3, -0.25) is 4.79 Å². The van der Waals surface area contributed by atoms with Crippen molar-refractivity contribution in [2.75, 3.05) is 12.5 Å². The van der Waals surface area contributed by atoms with Crippen LogP contribution in [0.2, 0.25) is 0 Å². The number of aryl methyl sites for hydroxylation is 1. The third-order valence-corrected chi connectivity index (χ3v) is 3.26. The van der Waals surface area contributed by atoms with E-state index in [1.807, 2.05) is 0 Å².